The lowest BCUT2D eigenvalue weighted by atomic mass is 10.2. The molecule has 26 heavy (non-hydrogen) atoms. The topological polar surface area (TPSA) is 125 Å². The minimum atomic E-state index is -0.743. The number of halogens is 1. The van der Waals surface area contributed by atoms with Crippen LogP contribution >= 0.6 is 11.6 Å². The van der Waals surface area contributed by atoms with Crippen LogP contribution in [0.1, 0.15) is 16.2 Å². The van der Waals surface area contributed by atoms with E-state index in [-0.39, 0.29) is 22.6 Å². The average molecular weight is 369 g/mol. The maximum absolute atomic E-state index is 12.1. The van der Waals surface area contributed by atoms with E-state index in [0.29, 0.717) is 16.1 Å². The number of aromatic amines is 1. The Bertz CT molecular complexity index is 1030. The molecule has 0 atom stereocenters. The number of ether oxygens (including phenoxy) is 1. The molecule has 8 heteroatoms. The molecule has 4 N–H and O–H groups in total. The quantitative estimate of drug-likeness (QED) is 0.280. The summed E-state index contributed by atoms with van der Waals surface area (Å²) in [5.74, 6) is -0.978. The van der Waals surface area contributed by atoms with Crippen molar-refractivity contribution < 1.29 is 14.6 Å². The number of nitriles is 1. The third kappa shape index (κ3) is 3.45. The lowest BCUT2D eigenvalue weighted by Gasteiger charge is -2.07. The zero-order chi connectivity index (χ0) is 18.7. The number of nitrogens with one attached hydrogen (secondary N) is 1. The van der Waals surface area contributed by atoms with E-state index in [1.807, 2.05) is 12.1 Å². The van der Waals surface area contributed by atoms with Gasteiger partial charge in [-0.2, -0.15) is 5.26 Å². The highest BCUT2D eigenvalue weighted by Gasteiger charge is 2.16. The maximum atomic E-state index is 12.1. The van der Waals surface area contributed by atoms with Crippen LogP contribution in [0.2, 0.25) is 5.02 Å². The molecule has 0 amide bonds. The molecule has 0 aliphatic rings. The van der Waals surface area contributed by atoms with E-state index < -0.39 is 18.3 Å². The second kappa shape index (κ2) is 7.17. The number of nitrogens with two attached hydrogens (primary N) is 1. The van der Waals surface area contributed by atoms with Gasteiger partial charge < -0.3 is 20.6 Å². The smallest absolute Gasteiger partial charge is 0.340 e. The highest BCUT2D eigenvalue weighted by atomic mass is 35.5. The van der Waals surface area contributed by atoms with Crippen LogP contribution in [0.15, 0.2) is 48.2 Å². The Kier molecular flexibility index (Phi) is 4.78. The number of rotatable bonds is 4. The standard InChI is InChI=1S/C18H13ClN4O3/c19-10-5-6-11(13(21)7-10)18(25)26-9-16(24)12(8-20)17-22-14-3-1-2-4-15(14)23-17/h1-7,24H,9,21H2,(H,22,23)/b16-12-. The molecular formula is C18H13ClN4O3. The second-order valence-corrected chi connectivity index (χ2v) is 5.78. The van der Waals surface area contributed by atoms with Gasteiger partial charge in [0.2, 0.25) is 0 Å². The summed E-state index contributed by atoms with van der Waals surface area (Å²) in [4.78, 5) is 19.3. The Morgan fingerprint density at radius 3 is 2.81 bits per heavy atom. The number of para-hydroxylation sites is 2. The highest BCUT2D eigenvalue weighted by molar-refractivity contribution is 6.31. The molecule has 1 aromatic heterocycles. The van der Waals surface area contributed by atoms with Crippen LogP contribution in [0.3, 0.4) is 0 Å². The van der Waals surface area contributed by atoms with E-state index in [1.54, 1.807) is 18.2 Å². The molecule has 3 aromatic rings. The van der Waals surface area contributed by atoms with Crippen molar-refractivity contribution >= 4 is 39.9 Å². The Morgan fingerprint density at radius 1 is 1.35 bits per heavy atom. The highest BCUT2D eigenvalue weighted by Crippen LogP contribution is 2.21. The van der Waals surface area contributed by atoms with Gasteiger partial charge in [0.1, 0.15) is 18.2 Å². The molecule has 1 heterocycles. The number of H-pyrrole nitrogens is 1. The summed E-state index contributed by atoms with van der Waals surface area (Å²) in [7, 11) is 0. The average Bonchev–Trinajstić information content (AvgIpc) is 3.04. The van der Waals surface area contributed by atoms with Gasteiger partial charge in [-0.1, -0.05) is 23.7 Å². The first-order valence-corrected chi connectivity index (χ1v) is 7.87. The summed E-state index contributed by atoms with van der Waals surface area (Å²) in [6.45, 7) is -0.499. The van der Waals surface area contributed by atoms with Crippen LogP contribution in [0.25, 0.3) is 16.6 Å². The van der Waals surface area contributed by atoms with Crippen molar-refractivity contribution in [1.29, 1.82) is 5.26 Å². The number of fused-ring (bicyclic) bond motifs is 1. The van der Waals surface area contributed by atoms with Crippen molar-refractivity contribution in [2.24, 2.45) is 0 Å². The summed E-state index contributed by atoms with van der Waals surface area (Å²) in [6, 6.07) is 13.4. The number of hydrogen-bond donors (Lipinski definition) is 3. The number of aliphatic hydroxyl groups is 1. The van der Waals surface area contributed by atoms with Crippen molar-refractivity contribution in [1.82, 2.24) is 9.97 Å². The summed E-state index contributed by atoms with van der Waals surface area (Å²) in [6.07, 6.45) is 0. The van der Waals surface area contributed by atoms with Crippen LogP contribution in [-0.4, -0.2) is 27.7 Å². The van der Waals surface area contributed by atoms with Crippen LogP contribution < -0.4 is 5.73 Å². The van der Waals surface area contributed by atoms with Gasteiger partial charge in [-0.15, -0.1) is 0 Å². The van der Waals surface area contributed by atoms with E-state index in [4.69, 9.17) is 22.1 Å². The zero-order valence-electron chi connectivity index (χ0n) is 13.4. The number of esters is 1. The van der Waals surface area contributed by atoms with Crippen molar-refractivity contribution in [3.05, 3.63) is 64.6 Å². The fourth-order valence-electron chi connectivity index (χ4n) is 2.33. The second-order valence-electron chi connectivity index (χ2n) is 5.34. The van der Waals surface area contributed by atoms with Crippen molar-refractivity contribution in [3.63, 3.8) is 0 Å². The van der Waals surface area contributed by atoms with E-state index in [1.165, 1.54) is 18.2 Å². The number of aromatic nitrogens is 2. The fourth-order valence-corrected chi connectivity index (χ4v) is 2.51. The Labute approximate surface area is 153 Å². The van der Waals surface area contributed by atoms with Gasteiger partial charge in [-0.25, -0.2) is 9.78 Å². The van der Waals surface area contributed by atoms with E-state index in [9.17, 15) is 15.2 Å². The van der Waals surface area contributed by atoms with Gasteiger partial charge in [0, 0.05) is 10.7 Å². The Hall–Kier alpha value is -3.50. The van der Waals surface area contributed by atoms with Gasteiger partial charge >= 0.3 is 5.97 Å². The molecule has 0 bridgehead atoms. The molecule has 0 unspecified atom stereocenters. The number of nitrogens with zero attached hydrogens (tertiary/aromatic N) is 2. The third-order valence-electron chi connectivity index (χ3n) is 3.60. The molecule has 7 nitrogen and oxygen atoms in total. The normalized spacial score (nSPS) is 11.7. The first-order chi connectivity index (χ1) is 12.5. The predicted octanol–water partition coefficient (Wildman–Crippen LogP) is 3.45. The molecule has 0 aliphatic heterocycles. The van der Waals surface area contributed by atoms with Gasteiger partial charge in [-0.05, 0) is 30.3 Å². The largest absolute Gasteiger partial charge is 0.507 e. The van der Waals surface area contributed by atoms with Gasteiger partial charge in [0.15, 0.2) is 11.6 Å². The summed E-state index contributed by atoms with van der Waals surface area (Å²) < 4.78 is 5.03. The van der Waals surface area contributed by atoms with Gasteiger partial charge in [0.25, 0.3) is 0 Å². The van der Waals surface area contributed by atoms with Crippen LogP contribution in [0.5, 0.6) is 0 Å². The zero-order valence-corrected chi connectivity index (χ0v) is 14.1. The number of aliphatic hydroxyl groups excluding tert-OH is 1. The van der Waals surface area contributed by atoms with Crippen molar-refractivity contribution in [2.45, 2.75) is 0 Å². The Morgan fingerprint density at radius 2 is 2.12 bits per heavy atom. The molecular weight excluding hydrogens is 356 g/mol. The molecule has 3 rings (SSSR count). The number of benzene rings is 2. The van der Waals surface area contributed by atoms with Crippen LogP contribution in [-0.2, 0) is 4.74 Å². The fraction of sp³-hybridized carbons (Fsp3) is 0.0556. The molecule has 0 saturated carbocycles. The number of hydrogen-bond acceptors (Lipinski definition) is 6. The monoisotopic (exact) mass is 368 g/mol. The summed E-state index contributed by atoms with van der Waals surface area (Å²) >= 11 is 5.78. The van der Waals surface area contributed by atoms with Crippen LogP contribution in [0.4, 0.5) is 5.69 Å². The van der Waals surface area contributed by atoms with Crippen molar-refractivity contribution in [3.8, 4) is 6.07 Å². The molecule has 0 spiro atoms. The predicted molar refractivity (Wildman–Crippen MR) is 97.4 cm³/mol. The minimum Gasteiger partial charge on any atom is -0.507 e. The minimum absolute atomic E-state index is 0.113. The molecule has 0 saturated heterocycles. The SMILES string of the molecule is N#C/C(=C(/O)COC(=O)c1ccc(Cl)cc1N)c1nc2ccccc2[nH]1. The first-order valence-electron chi connectivity index (χ1n) is 7.49. The van der Waals surface area contributed by atoms with E-state index in [0.717, 1.165) is 0 Å². The number of anilines is 1. The lowest BCUT2D eigenvalue weighted by Crippen LogP contribution is -2.11. The first kappa shape index (κ1) is 17.3. The lowest BCUT2D eigenvalue weighted by molar-refractivity contribution is 0.0504. The summed E-state index contributed by atoms with van der Waals surface area (Å²) in [5.41, 5.74) is 7.24. The maximum Gasteiger partial charge on any atom is 0.340 e. The Balaban J connectivity index is 1.81. The van der Waals surface area contributed by atoms with E-state index >= 15 is 0 Å². The number of allylic oxidation sites excluding steroid dienone is 1. The molecule has 2 aromatic carbocycles. The molecule has 130 valence electrons. The van der Waals surface area contributed by atoms with E-state index in [2.05, 4.69) is 9.97 Å². The molecule has 0 fully saturated rings. The van der Waals surface area contributed by atoms with Gasteiger partial charge in [-0.3, -0.25) is 0 Å². The summed E-state index contributed by atoms with van der Waals surface area (Å²) in [5, 5.41) is 19.9. The number of nitrogen functional groups attached to an aromatic ring is 1. The molecule has 0 aliphatic carbocycles. The number of carbonyl (C=O) groups is 1. The number of imidazole rings is 1. The number of carbonyl (C=O) groups excluding carboxylic acids is 1. The molecule has 0 radical (unpaired) electrons. The van der Waals surface area contributed by atoms with Crippen LogP contribution in [0, 0.1) is 11.3 Å². The van der Waals surface area contributed by atoms with Gasteiger partial charge in [0.05, 0.1) is 16.6 Å². The van der Waals surface area contributed by atoms with Crippen molar-refractivity contribution in [2.75, 3.05) is 12.3 Å². The third-order valence-corrected chi connectivity index (χ3v) is 3.84.